The number of aryl methyl sites for hydroxylation is 1. The van der Waals surface area contributed by atoms with E-state index in [1.165, 1.54) is 68.2 Å². The minimum absolute atomic E-state index is 0.241. The summed E-state index contributed by atoms with van der Waals surface area (Å²) in [6, 6.07) is 7.63. The van der Waals surface area contributed by atoms with Crippen molar-refractivity contribution >= 4 is 12.6 Å². The number of piperidine rings is 1. The van der Waals surface area contributed by atoms with Gasteiger partial charge in [-0.2, -0.15) is 0 Å². The Morgan fingerprint density at radius 1 is 0.960 bits per heavy atom. The van der Waals surface area contributed by atoms with Crippen molar-refractivity contribution in [2.45, 2.75) is 83.5 Å². The first kappa shape index (κ1) is 17.6. The zero-order chi connectivity index (χ0) is 17.7. The van der Waals surface area contributed by atoms with Gasteiger partial charge in [0.05, 0.1) is 11.2 Å². The van der Waals surface area contributed by atoms with Gasteiger partial charge in [0.15, 0.2) is 0 Å². The third-order valence-corrected chi connectivity index (χ3v) is 6.87. The molecule has 0 spiro atoms. The summed E-state index contributed by atoms with van der Waals surface area (Å²) in [6.45, 7) is 11.1. The fraction of sp³-hybridized carbons (Fsp3) is 0.714. The van der Waals surface area contributed by atoms with E-state index in [0.29, 0.717) is 0 Å². The van der Waals surface area contributed by atoms with E-state index in [2.05, 4.69) is 50.8 Å². The second kappa shape index (κ2) is 6.40. The normalized spacial score (nSPS) is 28.8. The van der Waals surface area contributed by atoms with Crippen molar-refractivity contribution in [3.8, 4) is 0 Å². The lowest BCUT2D eigenvalue weighted by Gasteiger charge is -2.37. The van der Waals surface area contributed by atoms with Gasteiger partial charge in [-0.3, -0.25) is 0 Å². The van der Waals surface area contributed by atoms with Crippen molar-refractivity contribution in [1.82, 2.24) is 4.90 Å². The summed E-state index contributed by atoms with van der Waals surface area (Å²) >= 11 is 0. The smallest absolute Gasteiger partial charge is 0.399 e. The van der Waals surface area contributed by atoms with Gasteiger partial charge in [0.2, 0.25) is 0 Å². The Labute approximate surface area is 153 Å². The maximum Gasteiger partial charge on any atom is 0.494 e. The van der Waals surface area contributed by atoms with Crippen molar-refractivity contribution in [2.24, 2.45) is 0 Å². The van der Waals surface area contributed by atoms with Crippen LogP contribution >= 0.6 is 0 Å². The van der Waals surface area contributed by atoms with Gasteiger partial charge in [-0.05, 0) is 89.5 Å². The number of fused-ring (bicyclic) bond motifs is 1. The molecule has 0 N–H and O–H groups in total. The maximum absolute atomic E-state index is 6.23. The molecule has 0 radical (unpaired) electrons. The van der Waals surface area contributed by atoms with Crippen LogP contribution in [0.4, 0.5) is 0 Å². The summed E-state index contributed by atoms with van der Waals surface area (Å²) in [4.78, 5) is 2.73. The standard InChI is InChI=1S/C21H32BNO2/c1-20(2)21(3,4)25-22(24-20)18-10-8-17-15-19(11-9-16(17)14-18)23-12-6-5-7-13-23/h8,10,14,19H,5-7,9,11-13,15H2,1-4H3. The Morgan fingerprint density at radius 2 is 1.64 bits per heavy atom. The predicted molar refractivity (Wildman–Crippen MR) is 103 cm³/mol. The topological polar surface area (TPSA) is 21.7 Å². The van der Waals surface area contributed by atoms with Crippen LogP contribution in [-0.4, -0.2) is 42.4 Å². The lowest BCUT2D eigenvalue weighted by molar-refractivity contribution is 0.00578. The molecule has 136 valence electrons. The van der Waals surface area contributed by atoms with Gasteiger partial charge in [0.1, 0.15) is 0 Å². The van der Waals surface area contributed by atoms with E-state index in [4.69, 9.17) is 9.31 Å². The zero-order valence-corrected chi connectivity index (χ0v) is 16.3. The van der Waals surface area contributed by atoms with Crippen LogP contribution in [-0.2, 0) is 22.2 Å². The van der Waals surface area contributed by atoms with E-state index in [9.17, 15) is 0 Å². The van der Waals surface area contributed by atoms with Crippen LogP contribution in [0.3, 0.4) is 0 Å². The van der Waals surface area contributed by atoms with Crippen molar-refractivity contribution in [2.75, 3.05) is 13.1 Å². The molecule has 0 bridgehead atoms. The lowest BCUT2D eigenvalue weighted by Crippen LogP contribution is -2.42. The minimum Gasteiger partial charge on any atom is -0.399 e. The first-order chi connectivity index (χ1) is 11.9. The highest BCUT2D eigenvalue weighted by Gasteiger charge is 2.51. The second-order valence-corrected chi connectivity index (χ2v) is 9.11. The summed E-state index contributed by atoms with van der Waals surface area (Å²) in [5.74, 6) is 0. The van der Waals surface area contributed by atoms with Gasteiger partial charge in [0, 0.05) is 6.04 Å². The number of nitrogens with zero attached hydrogens (tertiary/aromatic N) is 1. The average Bonchev–Trinajstić information content (AvgIpc) is 2.82. The van der Waals surface area contributed by atoms with Crippen LogP contribution < -0.4 is 5.46 Å². The van der Waals surface area contributed by atoms with Crippen LogP contribution in [0.25, 0.3) is 0 Å². The Bertz CT molecular complexity index is 621. The number of hydrogen-bond donors (Lipinski definition) is 0. The van der Waals surface area contributed by atoms with Crippen LogP contribution in [0.1, 0.15) is 64.5 Å². The Kier molecular flexibility index (Phi) is 4.50. The Balaban J connectivity index is 1.49. The third kappa shape index (κ3) is 3.29. The van der Waals surface area contributed by atoms with Gasteiger partial charge in [-0.15, -0.1) is 0 Å². The molecule has 0 aromatic heterocycles. The lowest BCUT2D eigenvalue weighted by atomic mass is 9.75. The molecule has 4 heteroatoms. The predicted octanol–water partition coefficient (Wildman–Crippen LogP) is 3.33. The number of likely N-dealkylation sites (tertiary alicyclic amines) is 1. The van der Waals surface area contributed by atoms with Crippen molar-refractivity contribution in [3.63, 3.8) is 0 Å². The van der Waals surface area contributed by atoms with E-state index in [1.807, 2.05) is 0 Å². The highest BCUT2D eigenvalue weighted by Crippen LogP contribution is 2.36. The minimum atomic E-state index is -0.271. The van der Waals surface area contributed by atoms with E-state index >= 15 is 0 Å². The molecule has 3 aliphatic rings. The monoisotopic (exact) mass is 341 g/mol. The third-order valence-electron chi connectivity index (χ3n) is 6.87. The Morgan fingerprint density at radius 3 is 2.32 bits per heavy atom. The van der Waals surface area contributed by atoms with Crippen molar-refractivity contribution in [1.29, 1.82) is 0 Å². The molecular weight excluding hydrogens is 309 g/mol. The molecule has 1 aromatic carbocycles. The van der Waals surface area contributed by atoms with Crippen LogP contribution in [0, 0.1) is 0 Å². The number of rotatable bonds is 2. The molecule has 4 rings (SSSR count). The SMILES string of the molecule is CC1(C)OB(c2ccc3c(c2)CCC(N2CCCCC2)C3)OC1(C)C. The quantitative estimate of drug-likeness (QED) is 0.771. The maximum atomic E-state index is 6.23. The molecule has 2 aliphatic heterocycles. The van der Waals surface area contributed by atoms with Crippen molar-refractivity contribution in [3.05, 3.63) is 29.3 Å². The first-order valence-corrected chi connectivity index (χ1v) is 10.1. The molecule has 0 amide bonds. The highest BCUT2D eigenvalue weighted by molar-refractivity contribution is 6.62. The molecule has 1 atom stereocenters. The summed E-state index contributed by atoms with van der Waals surface area (Å²) in [5, 5.41) is 0. The van der Waals surface area contributed by atoms with Gasteiger partial charge < -0.3 is 14.2 Å². The van der Waals surface area contributed by atoms with E-state index in [-0.39, 0.29) is 18.3 Å². The Hall–Kier alpha value is -0.835. The molecule has 25 heavy (non-hydrogen) atoms. The average molecular weight is 341 g/mol. The molecule has 2 saturated heterocycles. The highest BCUT2D eigenvalue weighted by atomic mass is 16.7. The fourth-order valence-corrected chi connectivity index (χ4v) is 4.48. The van der Waals surface area contributed by atoms with Crippen LogP contribution in [0.15, 0.2) is 18.2 Å². The summed E-state index contributed by atoms with van der Waals surface area (Å²) in [7, 11) is -0.241. The molecule has 0 saturated carbocycles. The van der Waals surface area contributed by atoms with Crippen molar-refractivity contribution < 1.29 is 9.31 Å². The van der Waals surface area contributed by atoms with Gasteiger partial charge >= 0.3 is 7.12 Å². The van der Waals surface area contributed by atoms with Crippen LogP contribution in [0.2, 0.25) is 0 Å². The first-order valence-electron chi connectivity index (χ1n) is 10.1. The fourth-order valence-electron chi connectivity index (χ4n) is 4.48. The van der Waals surface area contributed by atoms with E-state index in [1.54, 1.807) is 0 Å². The summed E-state index contributed by atoms with van der Waals surface area (Å²) in [5.41, 5.74) is 3.66. The second-order valence-electron chi connectivity index (χ2n) is 9.11. The summed E-state index contributed by atoms with van der Waals surface area (Å²) in [6.07, 6.45) is 7.86. The molecule has 3 nitrogen and oxygen atoms in total. The van der Waals surface area contributed by atoms with E-state index < -0.39 is 0 Å². The molecule has 1 aliphatic carbocycles. The molecule has 1 unspecified atom stereocenters. The van der Waals surface area contributed by atoms with Crippen LogP contribution in [0.5, 0.6) is 0 Å². The van der Waals surface area contributed by atoms with Gasteiger partial charge in [-0.1, -0.05) is 24.6 Å². The molecule has 2 heterocycles. The van der Waals surface area contributed by atoms with Gasteiger partial charge in [-0.25, -0.2) is 0 Å². The molecule has 1 aromatic rings. The zero-order valence-electron chi connectivity index (χ0n) is 16.3. The molecular formula is C21H32BNO2. The number of benzene rings is 1. The molecule has 2 fully saturated rings. The summed E-state index contributed by atoms with van der Waals surface area (Å²) < 4.78 is 12.5. The van der Waals surface area contributed by atoms with Gasteiger partial charge in [0.25, 0.3) is 0 Å². The number of hydrogen-bond acceptors (Lipinski definition) is 3. The van der Waals surface area contributed by atoms with E-state index in [0.717, 1.165) is 6.04 Å². The largest absolute Gasteiger partial charge is 0.494 e.